The lowest BCUT2D eigenvalue weighted by Gasteiger charge is -2.23. The number of rotatable bonds is 6. The standard InChI is InChI=1S/C22H26N2O3/c1-16-5-4-6-19(13-16)27-15-18(25)14-24-21-8-3-2-7-20(21)23-22(24)17-9-11-26-12-10-17/h2-8,13,17-18,25H,9-12,14-15H2,1H3. The Bertz CT molecular complexity index is 899. The van der Waals surface area contributed by atoms with Crippen LogP contribution in [0.2, 0.25) is 0 Å². The molecule has 5 nitrogen and oxygen atoms in total. The van der Waals surface area contributed by atoms with E-state index in [0.29, 0.717) is 12.5 Å². The summed E-state index contributed by atoms with van der Waals surface area (Å²) in [6, 6.07) is 16.0. The van der Waals surface area contributed by atoms with E-state index in [1.54, 1.807) is 0 Å². The second-order valence-electron chi connectivity index (χ2n) is 7.24. The van der Waals surface area contributed by atoms with Gasteiger partial charge in [0.2, 0.25) is 0 Å². The highest BCUT2D eigenvalue weighted by atomic mass is 16.5. The van der Waals surface area contributed by atoms with Crippen molar-refractivity contribution in [1.29, 1.82) is 0 Å². The maximum Gasteiger partial charge on any atom is 0.119 e. The van der Waals surface area contributed by atoms with Crippen molar-refractivity contribution >= 4 is 11.0 Å². The van der Waals surface area contributed by atoms with Gasteiger partial charge in [-0.25, -0.2) is 4.98 Å². The SMILES string of the molecule is Cc1cccc(OCC(O)Cn2c(C3CCOCC3)nc3ccccc32)c1. The summed E-state index contributed by atoms with van der Waals surface area (Å²) in [6.45, 7) is 4.29. The molecule has 1 fully saturated rings. The molecule has 0 bridgehead atoms. The summed E-state index contributed by atoms with van der Waals surface area (Å²) in [4.78, 5) is 4.87. The van der Waals surface area contributed by atoms with Crippen molar-refractivity contribution < 1.29 is 14.6 Å². The van der Waals surface area contributed by atoms with Gasteiger partial charge in [-0.1, -0.05) is 24.3 Å². The molecule has 0 spiro atoms. The highest BCUT2D eigenvalue weighted by Crippen LogP contribution is 2.29. The van der Waals surface area contributed by atoms with Crippen molar-refractivity contribution in [2.75, 3.05) is 19.8 Å². The molecule has 1 aromatic heterocycles. The zero-order valence-corrected chi connectivity index (χ0v) is 15.7. The Kier molecular flexibility index (Phi) is 5.41. The van der Waals surface area contributed by atoms with Crippen LogP contribution >= 0.6 is 0 Å². The van der Waals surface area contributed by atoms with Crippen LogP contribution in [0.3, 0.4) is 0 Å². The van der Waals surface area contributed by atoms with Gasteiger partial charge in [-0.3, -0.25) is 0 Å². The largest absolute Gasteiger partial charge is 0.491 e. The molecular formula is C22H26N2O3. The summed E-state index contributed by atoms with van der Waals surface area (Å²) < 4.78 is 13.5. The van der Waals surface area contributed by atoms with Crippen molar-refractivity contribution in [1.82, 2.24) is 9.55 Å². The number of aliphatic hydroxyl groups is 1. The molecule has 0 radical (unpaired) electrons. The van der Waals surface area contributed by atoms with Crippen LogP contribution in [0.5, 0.6) is 5.75 Å². The van der Waals surface area contributed by atoms with Crippen LogP contribution in [0.1, 0.15) is 30.1 Å². The first kappa shape index (κ1) is 18.0. The number of hydrogen-bond acceptors (Lipinski definition) is 4. The van der Waals surface area contributed by atoms with Gasteiger partial charge in [-0.05, 0) is 49.6 Å². The number of hydrogen-bond donors (Lipinski definition) is 1. The highest BCUT2D eigenvalue weighted by molar-refractivity contribution is 5.76. The van der Waals surface area contributed by atoms with Gasteiger partial charge in [0.1, 0.15) is 24.3 Å². The number of fused-ring (bicyclic) bond motifs is 1. The minimum atomic E-state index is -0.610. The van der Waals surface area contributed by atoms with Gasteiger partial charge in [-0.15, -0.1) is 0 Å². The van der Waals surface area contributed by atoms with Crippen molar-refractivity contribution in [2.45, 2.75) is 38.3 Å². The normalized spacial score (nSPS) is 16.5. The molecule has 2 heterocycles. The molecule has 1 aliphatic rings. The fourth-order valence-electron chi connectivity index (χ4n) is 3.71. The second kappa shape index (κ2) is 8.11. The predicted octanol–water partition coefficient (Wildman–Crippen LogP) is 3.68. The van der Waals surface area contributed by atoms with Crippen LogP contribution in [0.15, 0.2) is 48.5 Å². The fourth-order valence-corrected chi connectivity index (χ4v) is 3.71. The quantitative estimate of drug-likeness (QED) is 0.723. The van der Waals surface area contributed by atoms with Crippen LogP contribution < -0.4 is 4.74 Å². The van der Waals surface area contributed by atoms with E-state index < -0.39 is 6.10 Å². The summed E-state index contributed by atoms with van der Waals surface area (Å²) in [6.07, 6.45) is 1.33. The molecule has 27 heavy (non-hydrogen) atoms. The van der Waals surface area contributed by atoms with Gasteiger partial charge in [0.15, 0.2) is 0 Å². The second-order valence-corrected chi connectivity index (χ2v) is 7.24. The van der Waals surface area contributed by atoms with Crippen LogP contribution in [0, 0.1) is 6.92 Å². The minimum absolute atomic E-state index is 0.253. The third-order valence-electron chi connectivity index (χ3n) is 5.10. The van der Waals surface area contributed by atoms with E-state index in [1.165, 1.54) is 0 Å². The van der Waals surface area contributed by atoms with Gasteiger partial charge in [0.05, 0.1) is 17.6 Å². The van der Waals surface area contributed by atoms with Gasteiger partial charge >= 0.3 is 0 Å². The Morgan fingerprint density at radius 3 is 2.81 bits per heavy atom. The van der Waals surface area contributed by atoms with Crippen LogP contribution in [-0.4, -0.2) is 40.6 Å². The lowest BCUT2D eigenvalue weighted by atomic mass is 9.99. The first-order valence-electron chi connectivity index (χ1n) is 9.61. The summed E-state index contributed by atoms with van der Waals surface area (Å²) >= 11 is 0. The summed E-state index contributed by atoms with van der Waals surface area (Å²) in [5.41, 5.74) is 3.18. The molecule has 4 rings (SSSR count). The molecule has 0 saturated carbocycles. The number of aryl methyl sites for hydroxylation is 1. The Hall–Kier alpha value is -2.37. The lowest BCUT2D eigenvalue weighted by Crippen LogP contribution is -2.26. The smallest absolute Gasteiger partial charge is 0.119 e. The number of aliphatic hydroxyl groups excluding tert-OH is 1. The maximum atomic E-state index is 10.6. The van der Waals surface area contributed by atoms with E-state index >= 15 is 0 Å². The molecule has 1 saturated heterocycles. The molecule has 1 unspecified atom stereocenters. The van der Waals surface area contributed by atoms with Crippen molar-refractivity contribution in [3.05, 3.63) is 59.9 Å². The van der Waals surface area contributed by atoms with Crippen molar-refractivity contribution in [3.63, 3.8) is 0 Å². The minimum Gasteiger partial charge on any atom is -0.491 e. The van der Waals surface area contributed by atoms with E-state index in [-0.39, 0.29) is 6.61 Å². The monoisotopic (exact) mass is 366 g/mol. The lowest BCUT2D eigenvalue weighted by molar-refractivity contribution is 0.0780. The average Bonchev–Trinajstić information content (AvgIpc) is 3.06. The van der Waals surface area contributed by atoms with Crippen molar-refractivity contribution in [2.24, 2.45) is 0 Å². The van der Waals surface area contributed by atoms with E-state index in [2.05, 4.69) is 10.6 Å². The third-order valence-corrected chi connectivity index (χ3v) is 5.10. The summed E-state index contributed by atoms with van der Waals surface area (Å²) in [7, 11) is 0. The Morgan fingerprint density at radius 1 is 1.19 bits per heavy atom. The molecule has 1 N–H and O–H groups in total. The van der Waals surface area contributed by atoms with Crippen LogP contribution in [0.25, 0.3) is 11.0 Å². The number of ether oxygens (including phenoxy) is 2. The molecule has 1 aliphatic heterocycles. The van der Waals surface area contributed by atoms with E-state index in [4.69, 9.17) is 14.5 Å². The Labute approximate surface area is 159 Å². The van der Waals surface area contributed by atoms with E-state index in [1.807, 2.05) is 49.4 Å². The van der Waals surface area contributed by atoms with Gasteiger partial charge in [-0.2, -0.15) is 0 Å². The zero-order valence-electron chi connectivity index (χ0n) is 15.7. The van der Waals surface area contributed by atoms with Gasteiger partial charge in [0.25, 0.3) is 0 Å². The number of benzene rings is 2. The Balaban J connectivity index is 1.53. The predicted molar refractivity (Wildman–Crippen MR) is 105 cm³/mol. The van der Waals surface area contributed by atoms with Crippen LogP contribution in [-0.2, 0) is 11.3 Å². The maximum absolute atomic E-state index is 10.6. The average molecular weight is 366 g/mol. The molecule has 1 atom stereocenters. The number of imidazole rings is 1. The van der Waals surface area contributed by atoms with E-state index in [0.717, 1.165) is 54.2 Å². The summed E-state index contributed by atoms with van der Waals surface area (Å²) in [5.74, 6) is 2.21. The topological polar surface area (TPSA) is 56.5 Å². The highest BCUT2D eigenvalue weighted by Gasteiger charge is 2.24. The first-order chi connectivity index (χ1) is 13.2. The molecular weight excluding hydrogens is 340 g/mol. The third kappa shape index (κ3) is 4.15. The molecule has 0 aliphatic carbocycles. The van der Waals surface area contributed by atoms with Gasteiger partial charge < -0.3 is 19.1 Å². The Morgan fingerprint density at radius 2 is 2.00 bits per heavy atom. The number of aromatic nitrogens is 2. The van der Waals surface area contributed by atoms with E-state index in [9.17, 15) is 5.11 Å². The first-order valence-corrected chi connectivity index (χ1v) is 9.61. The molecule has 5 heteroatoms. The van der Waals surface area contributed by atoms with Gasteiger partial charge in [0, 0.05) is 19.1 Å². The molecule has 142 valence electrons. The van der Waals surface area contributed by atoms with Crippen LogP contribution in [0.4, 0.5) is 0 Å². The van der Waals surface area contributed by atoms with Crippen molar-refractivity contribution in [3.8, 4) is 5.75 Å². The summed E-state index contributed by atoms with van der Waals surface area (Å²) in [5, 5.41) is 10.6. The molecule has 2 aromatic carbocycles. The molecule has 0 amide bonds. The number of para-hydroxylation sites is 2. The number of nitrogens with zero attached hydrogens (tertiary/aromatic N) is 2. The zero-order chi connectivity index (χ0) is 18.6. The fraction of sp³-hybridized carbons (Fsp3) is 0.409. The molecule has 3 aromatic rings.